The molecule has 0 saturated heterocycles. The highest BCUT2D eigenvalue weighted by atomic mass is 32.1. The fourth-order valence-electron chi connectivity index (χ4n) is 6.21. The highest BCUT2D eigenvalue weighted by Crippen LogP contribution is 2.45. The maximum atomic E-state index is 8.17. The molecule has 2 heterocycles. The third-order valence-electron chi connectivity index (χ3n) is 8.05. The lowest BCUT2D eigenvalue weighted by atomic mass is 9.92. The summed E-state index contributed by atoms with van der Waals surface area (Å²) in [6.07, 6.45) is 0. The van der Waals surface area contributed by atoms with Crippen molar-refractivity contribution in [1.29, 1.82) is 0 Å². The van der Waals surface area contributed by atoms with Gasteiger partial charge in [-0.1, -0.05) is 91.0 Å². The van der Waals surface area contributed by atoms with Gasteiger partial charge in [-0.3, -0.25) is 0 Å². The molecule has 0 N–H and O–H groups in total. The van der Waals surface area contributed by atoms with Crippen LogP contribution in [0.2, 0.25) is 0 Å². The van der Waals surface area contributed by atoms with Gasteiger partial charge in [0.1, 0.15) is 0 Å². The predicted molar refractivity (Wildman–Crippen MR) is 177 cm³/mol. The van der Waals surface area contributed by atoms with Crippen LogP contribution in [0.3, 0.4) is 0 Å². The van der Waals surface area contributed by atoms with E-state index < -0.39 is 0 Å². The standard InChI is InChI=1S/C38H21N3S/c1-39-25-19-20-35-31(23-25)28-12-5-7-16-34(28)41(35)38-30(14-9-15-33(38)40-2)27-11-4-3-10-26(27)24-18-21-37-32(22-24)29-13-6-8-17-36(29)42-37/h3-23H. The second kappa shape index (κ2) is 9.46. The van der Waals surface area contributed by atoms with Crippen LogP contribution < -0.4 is 0 Å². The van der Waals surface area contributed by atoms with Crippen molar-refractivity contribution in [1.82, 2.24) is 4.57 Å². The molecular formula is C38H21N3S. The van der Waals surface area contributed by atoms with Crippen LogP contribution in [-0.4, -0.2) is 4.57 Å². The molecule has 0 amide bonds. The number of thiophene rings is 1. The maximum absolute atomic E-state index is 8.17. The van der Waals surface area contributed by atoms with Crippen molar-refractivity contribution in [3.63, 3.8) is 0 Å². The molecule has 0 spiro atoms. The van der Waals surface area contributed by atoms with E-state index in [1.165, 1.54) is 20.2 Å². The summed E-state index contributed by atoms with van der Waals surface area (Å²) in [5, 5.41) is 4.60. The van der Waals surface area contributed by atoms with Crippen LogP contribution in [-0.2, 0) is 0 Å². The third kappa shape index (κ3) is 3.57. The molecule has 2 aromatic heterocycles. The number of hydrogen-bond donors (Lipinski definition) is 0. The lowest BCUT2D eigenvalue weighted by Crippen LogP contribution is -1.98. The molecule has 0 unspecified atom stereocenters. The molecule has 6 aromatic carbocycles. The van der Waals surface area contributed by atoms with Gasteiger partial charge in [-0.15, -0.1) is 11.3 Å². The van der Waals surface area contributed by atoms with E-state index in [0.717, 1.165) is 49.7 Å². The van der Waals surface area contributed by atoms with Gasteiger partial charge in [0, 0.05) is 25.6 Å². The molecule has 0 radical (unpaired) electrons. The summed E-state index contributed by atoms with van der Waals surface area (Å²) in [7, 11) is 0. The van der Waals surface area contributed by atoms with Crippen LogP contribution in [0.4, 0.5) is 11.4 Å². The van der Waals surface area contributed by atoms with E-state index in [2.05, 4.69) is 99.2 Å². The minimum Gasteiger partial charge on any atom is -0.318 e. The Hall–Kier alpha value is -5.68. The van der Waals surface area contributed by atoms with Gasteiger partial charge < -0.3 is 4.57 Å². The van der Waals surface area contributed by atoms with Gasteiger partial charge in [0.25, 0.3) is 0 Å². The van der Waals surface area contributed by atoms with Crippen molar-refractivity contribution in [2.75, 3.05) is 0 Å². The highest BCUT2D eigenvalue weighted by Gasteiger charge is 2.20. The molecule has 8 aromatic rings. The summed E-state index contributed by atoms with van der Waals surface area (Å²) in [6, 6.07) is 43.9. The summed E-state index contributed by atoms with van der Waals surface area (Å²) in [4.78, 5) is 7.70. The van der Waals surface area contributed by atoms with E-state index in [1.807, 2.05) is 53.8 Å². The summed E-state index contributed by atoms with van der Waals surface area (Å²) in [5.41, 5.74) is 8.35. The molecule has 0 aliphatic carbocycles. The van der Waals surface area contributed by atoms with Gasteiger partial charge in [0.2, 0.25) is 5.69 Å². The molecule has 194 valence electrons. The minimum absolute atomic E-state index is 0.582. The van der Waals surface area contributed by atoms with E-state index in [4.69, 9.17) is 13.1 Å². The van der Waals surface area contributed by atoms with E-state index >= 15 is 0 Å². The van der Waals surface area contributed by atoms with E-state index in [-0.39, 0.29) is 0 Å². The van der Waals surface area contributed by atoms with Gasteiger partial charge in [-0.05, 0) is 64.0 Å². The summed E-state index contributed by atoms with van der Waals surface area (Å²) >= 11 is 1.82. The van der Waals surface area contributed by atoms with Crippen LogP contribution in [0.5, 0.6) is 0 Å². The van der Waals surface area contributed by atoms with Crippen LogP contribution in [0.1, 0.15) is 0 Å². The van der Waals surface area contributed by atoms with Gasteiger partial charge in [0.15, 0.2) is 5.69 Å². The second-order valence-electron chi connectivity index (χ2n) is 10.3. The summed E-state index contributed by atoms with van der Waals surface area (Å²) < 4.78 is 4.77. The number of rotatable bonds is 3. The normalized spacial score (nSPS) is 11.3. The lowest BCUT2D eigenvalue weighted by Gasteiger charge is -2.18. The molecule has 0 atom stereocenters. The molecule has 0 bridgehead atoms. The molecule has 0 aliphatic heterocycles. The SMILES string of the molecule is [C-]#[N+]c1ccc2c(c1)c1ccccc1n2-c1c([N+]#[C-])cccc1-c1ccccc1-c1ccc2sc3ccccc3c2c1. The Kier molecular flexibility index (Phi) is 5.44. The quantitative estimate of drug-likeness (QED) is 0.194. The van der Waals surface area contributed by atoms with Crippen molar-refractivity contribution in [3.05, 3.63) is 150 Å². The first-order valence-electron chi connectivity index (χ1n) is 13.7. The van der Waals surface area contributed by atoms with Gasteiger partial charge >= 0.3 is 0 Å². The minimum atomic E-state index is 0.582. The lowest BCUT2D eigenvalue weighted by molar-refractivity contribution is 1.19. The number of aromatic nitrogens is 1. The first kappa shape index (κ1) is 24.1. The Labute approximate surface area is 246 Å². The molecule has 3 nitrogen and oxygen atoms in total. The zero-order valence-corrected chi connectivity index (χ0v) is 23.2. The first-order valence-corrected chi connectivity index (χ1v) is 14.5. The zero-order valence-electron chi connectivity index (χ0n) is 22.4. The maximum Gasteiger partial charge on any atom is 0.211 e. The topological polar surface area (TPSA) is 13.6 Å². The number of nitrogens with zero attached hydrogens (tertiary/aromatic N) is 3. The average molecular weight is 552 g/mol. The monoisotopic (exact) mass is 551 g/mol. The largest absolute Gasteiger partial charge is 0.318 e. The zero-order chi connectivity index (χ0) is 28.2. The second-order valence-corrected chi connectivity index (χ2v) is 11.4. The Bertz CT molecular complexity index is 2450. The number of benzene rings is 6. The van der Waals surface area contributed by atoms with Gasteiger partial charge in [-0.2, -0.15) is 0 Å². The molecule has 0 aliphatic rings. The summed E-state index contributed by atoms with van der Waals surface area (Å²) in [6.45, 7) is 15.7. The highest BCUT2D eigenvalue weighted by molar-refractivity contribution is 7.25. The van der Waals surface area contributed by atoms with Gasteiger partial charge in [-0.25, -0.2) is 9.69 Å². The number of hydrogen-bond acceptors (Lipinski definition) is 1. The van der Waals surface area contributed by atoms with Crippen LogP contribution in [0.25, 0.3) is 79.6 Å². The third-order valence-corrected chi connectivity index (χ3v) is 9.20. The smallest absolute Gasteiger partial charge is 0.211 e. The van der Waals surface area contributed by atoms with Crippen molar-refractivity contribution >= 4 is 64.7 Å². The number of fused-ring (bicyclic) bond motifs is 6. The Balaban J connectivity index is 1.43. The molecule has 4 heteroatoms. The van der Waals surface area contributed by atoms with E-state index in [1.54, 1.807) is 0 Å². The molecule has 0 saturated carbocycles. The Morgan fingerprint density at radius 2 is 1.21 bits per heavy atom. The van der Waals surface area contributed by atoms with Gasteiger partial charge in [0.05, 0.1) is 29.9 Å². The van der Waals surface area contributed by atoms with Crippen LogP contribution in [0.15, 0.2) is 127 Å². The van der Waals surface area contributed by atoms with Crippen LogP contribution >= 0.6 is 11.3 Å². The van der Waals surface area contributed by atoms with Crippen molar-refractivity contribution in [3.8, 4) is 27.9 Å². The molecular weight excluding hydrogens is 531 g/mol. The molecule has 8 rings (SSSR count). The average Bonchev–Trinajstić information content (AvgIpc) is 3.59. The van der Waals surface area contributed by atoms with Crippen molar-refractivity contribution < 1.29 is 0 Å². The molecule has 42 heavy (non-hydrogen) atoms. The van der Waals surface area contributed by atoms with E-state index in [0.29, 0.717) is 11.4 Å². The van der Waals surface area contributed by atoms with Crippen molar-refractivity contribution in [2.45, 2.75) is 0 Å². The molecule has 0 fully saturated rings. The Morgan fingerprint density at radius 3 is 2.07 bits per heavy atom. The summed E-state index contributed by atoms with van der Waals surface area (Å²) in [5.74, 6) is 0. The fraction of sp³-hybridized carbons (Fsp3) is 0. The fourth-order valence-corrected chi connectivity index (χ4v) is 7.29. The van der Waals surface area contributed by atoms with Crippen LogP contribution in [0, 0.1) is 13.1 Å². The van der Waals surface area contributed by atoms with Crippen molar-refractivity contribution in [2.24, 2.45) is 0 Å². The number of para-hydroxylation sites is 2. The first-order chi connectivity index (χ1) is 20.7. The Morgan fingerprint density at radius 1 is 0.500 bits per heavy atom. The van der Waals surface area contributed by atoms with E-state index in [9.17, 15) is 0 Å². The predicted octanol–water partition coefficient (Wildman–Crippen LogP) is 11.6.